The minimum Gasteiger partial charge on any atom is -0.490 e. The zero-order valence-corrected chi connectivity index (χ0v) is 16.0. The molecule has 0 aromatic heterocycles. The quantitative estimate of drug-likeness (QED) is 0.639. The molecule has 2 rings (SSSR count). The number of halogens is 2. The molecule has 0 amide bonds. The number of hydrogen-bond acceptors (Lipinski definition) is 4. The third kappa shape index (κ3) is 5.70. The van der Waals surface area contributed by atoms with Crippen molar-refractivity contribution in [2.24, 2.45) is 5.73 Å². The van der Waals surface area contributed by atoms with Gasteiger partial charge in [-0.05, 0) is 68.3 Å². The SMILES string of the molecule is CCOc1cc(CCN)cc(Cl)c1OCCOc1ccc(Cl)c(C)c1. The van der Waals surface area contributed by atoms with E-state index in [0.29, 0.717) is 47.9 Å². The number of benzene rings is 2. The zero-order chi connectivity index (χ0) is 18.2. The predicted molar refractivity (Wildman–Crippen MR) is 103 cm³/mol. The molecule has 4 nitrogen and oxygen atoms in total. The lowest BCUT2D eigenvalue weighted by molar-refractivity contribution is 0.208. The smallest absolute Gasteiger partial charge is 0.179 e. The van der Waals surface area contributed by atoms with Gasteiger partial charge in [-0.25, -0.2) is 0 Å². The van der Waals surface area contributed by atoms with E-state index in [1.54, 1.807) is 0 Å². The Bertz CT molecular complexity index is 707. The molecule has 6 heteroatoms. The Morgan fingerprint density at radius 3 is 2.40 bits per heavy atom. The molecule has 25 heavy (non-hydrogen) atoms. The number of hydrogen-bond donors (Lipinski definition) is 1. The highest BCUT2D eigenvalue weighted by Crippen LogP contribution is 2.36. The van der Waals surface area contributed by atoms with Crippen LogP contribution in [0.15, 0.2) is 30.3 Å². The standard InChI is InChI=1S/C19H23Cl2NO3/c1-3-23-18-12-14(6-7-22)11-17(21)19(18)25-9-8-24-15-4-5-16(20)13(2)10-15/h4-5,10-12H,3,6-9,22H2,1-2H3. The zero-order valence-electron chi connectivity index (χ0n) is 14.5. The summed E-state index contributed by atoms with van der Waals surface area (Å²) in [6, 6.07) is 9.31. The number of nitrogens with two attached hydrogens (primary N) is 1. The fraction of sp³-hybridized carbons (Fsp3) is 0.368. The van der Waals surface area contributed by atoms with E-state index in [2.05, 4.69) is 0 Å². The number of aryl methyl sites for hydroxylation is 1. The Morgan fingerprint density at radius 2 is 1.72 bits per heavy atom. The third-order valence-corrected chi connectivity index (χ3v) is 4.23. The van der Waals surface area contributed by atoms with Crippen molar-refractivity contribution >= 4 is 23.2 Å². The largest absolute Gasteiger partial charge is 0.490 e. The van der Waals surface area contributed by atoms with Gasteiger partial charge in [0.15, 0.2) is 11.5 Å². The molecule has 0 fully saturated rings. The highest BCUT2D eigenvalue weighted by atomic mass is 35.5. The maximum Gasteiger partial charge on any atom is 0.179 e. The summed E-state index contributed by atoms with van der Waals surface area (Å²) >= 11 is 12.3. The van der Waals surface area contributed by atoms with Crippen molar-refractivity contribution in [3.63, 3.8) is 0 Å². The Kier molecular flexibility index (Phi) is 7.69. The summed E-state index contributed by atoms with van der Waals surface area (Å²) < 4.78 is 17.1. The van der Waals surface area contributed by atoms with Gasteiger partial charge in [-0.15, -0.1) is 0 Å². The lowest BCUT2D eigenvalue weighted by atomic mass is 10.1. The van der Waals surface area contributed by atoms with Gasteiger partial charge in [0.1, 0.15) is 19.0 Å². The lowest BCUT2D eigenvalue weighted by Crippen LogP contribution is -2.11. The first kappa shape index (κ1) is 19.7. The molecule has 136 valence electrons. The van der Waals surface area contributed by atoms with Crippen LogP contribution in [0.25, 0.3) is 0 Å². The molecule has 0 saturated heterocycles. The Hall–Kier alpha value is -1.62. The monoisotopic (exact) mass is 383 g/mol. The van der Waals surface area contributed by atoms with Gasteiger partial charge in [0.25, 0.3) is 0 Å². The van der Waals surface area contributed by atoms with Gasteiger partial charge in [-0.3, -0.25) is 0 Å². The first-order chi connectivity index (χ1) is 12.0. The molecule has 0 atom stereocenters. The summed E-state index contributed by atoms with van der Waals surface area (Å²) in [6.45, 7) is 5.66. The van der Waals surface area contributed by atoms with Gasteiger partial charge in [0.05, 0.1) is 11.6 Å². The minimum atomic E-state index is 0.345. The van der Waals surface area contributed by atoms with Crippen LogP contribution in [0.4, 0.5) is 0 Å². The molecule has 2 N–H and O–H groups in total. The first-order valence-electron chi connectivity index (χ1n) is 8.22. The second-order valence-electron chi connectivity index (χ2n) is 5.48. The molecule has 2 aromatic carbocycles. The van der Waals surface area contributed by atoms with Gasteiger partial charge in [-0.2, -0.15) is 0 Å². The Balaban J connectivity index is 1.98. The molecular weight excluding hydrogens is 361 g/mol. The maximum atomic E-state index is 6.34. The molecule has 0 aliphatic carbocycles. The van der Waals surface area contributed by atoms with Crippen molar-refractivity contribution in [2.75, 3.05) is 26.4 Å². The van der Waals surface area contributed by atoms with Crippen molar-refractivity contribution in [1.29, 1.82) is 0 Å². The van der Waals surface area contributed by atoms with Crippen molar-refractivity contribution in [3.8, 4) is 17.2 Å². The number of ether oxygens (including phenoxy) is 3. The van der Waals surface area contributed by atoms with Crippen LogP contribution >= 0.6 is 23.2 Å². The predicted octanol–water partition coefficient (Wildman–Crippen LogP) is 4.66. The van der Waals surface area contributed by atoms with Crippen LogP contribution < -0.4 is 19.9 Å². The summed E-state index contributed by atoms with van der Waals surface area (Å²) in [5.41, 5.74) is 7.60. The van der Waals surface area contributed by atoms with E-state index < -0.39 is 0 Å². The van der Waals surface area contributed by atoms with Gasteiger partial charge in [0.2, 0.25) is 0 Å². The molecule has 0 heterocycles. The van der Waals surface area contributed by atoms with Gasteiger partial charge in [0, 0.05) is 5.02 Å². The van der Waals surface area contributed by atoms with Crippen molar-refractivity contribution in [3.05, 3.63) is 51.5 Å². The maximum absolute atomic E-state index is 6.34. The molecule has 0 radical (unpaired) electrons. The van der Waals surface area contributed by atoms with Crippen LogP contribution in [0.3, 0.4) is 0 Å². The molecule has 0 spiro atoms. The van der Waals surface area contributed by atoms with Crippen LogP contribution in [0.5, 0.6) is 17.2 Å². The van der Waals surface area contributed by atoms with Crippen LogP contribution in [-0.2, 0) is 6.42 Å². The molecular formula is C19H23Cl2NO3. The second-order valence-corrected chi connectivity index (χ2v) is 6.30. The molecule has 0 aliphatic heterocycles. The summed E-state index contributed by atoms with van der Waals surface area (Å²) in [5, 5.41) is 1.23. The average molecular weight is 384 g/mol. The highest BCUT2D eigenvalue weighted by molar-refractivity contribution is 6.32. The van der Waals surface area contributed by atoms with Crippen molar-refractivity contribution in [1.82, 2.24) is 0 Å². The summed E-state index contributed by atoms with van der Waals surface area (Å²) in [4.78, 5) is 0. The Morgan fingerprint density at radius 1 is 0.960 bits per heavy atom. The second kappa shape index (κ2) is 9.76. The lowest BCUT2D eigenvalue weighted by Gasteiger charge is -2.15. The van der Waals surface area contributed by atoms with E-state index in [0.717, 1.165) is 23.3 Å². The molecule has 2 aromatic rings. The van der Waals surface area contributed by atoms with Crippen LogP contribution in [0.2, 0.25) is 10.0 Å². The normalized spacial score (nSPS) is 10.6. The van der Waals surface area contributed by atoms with Crippen molar-refractivity contribution < 1.29 is 14.2 Å². The third-order valence-electron chi connectivity index (χ3n) is 3.53. The topological polar surface area (TPSA) is 53.7 Å². The van der Waals surface area contributed by atoms with Gasteiger partial charge >= 0.3 is 0 Å². The molecule has 0 bridgehead atoms. The summed E-state index contributed by atoms with van der Waals surface area (Å²) in [6.07, 6.45) is 0.735. The van der Waals surface area contributed by atoms with Gasteiger partial charge in [-0.1, -0.05) is 23.2 Å². The van der Waals surface area contributed by atoms with E-state index in [1.807, 2.05) is 44.2 Å². The van der Waals surface area contributed by atoms with E-state index in [-0.39, 0.29) is 0 Å². The van der Waals surface area contributed by atoms with E-state index in [1.165, 1.54) is 0 Å². The van der Waals surface area contributed by atoms with E-state index in [4.69, 9.17) is 43.1 Å². The molecule has 0 aliphatic rings. The number of rotatable bonds is 9. The highest BCUT2D eigenvalue weighted by Gasteiger charge is 2.12. The van der Waals surface area contributed by atoms with Gasteiger partial charge < -0.3 is 19.9 Å². The van der Waals surface area contributed by atoms with Crippen molar-refractivity contribution in [2.45, 2.75) is 20.3 Å². The molecule has 0 unspecified atom stereocenters. The van der Waals surface area contributed by atoms with E-state index >= 15 is 0 Å². The fourth-order valence-electron chi connectivity index (χ4n) is 2.35. The molecule has 0 saturated carbocycles. The minimum absolute atomic E-state index is 0.345. The van der Waals surface area contributed by atoms with Crippen LogP contribution in [-0.4, -0.2) is 26.4 Å². The van der Waals surface area contributed by atoms with Crippen LogP contribution in [0.1, 0.15) is 18.1 Å². The Labute approximate surface area is 158 Å². The average Bonchev–Trinajstić information content (AvgIpc) is 2.57. The fourth-order valence-corrected chi connectivity index (χ4v) is 2.75. The first-order valence-corrected chi connectivity index (χ1v) is 8.97. The summed E-state index contributed by atoms with van der Waals surface area (Å²) in [7, 11) is 0. The van der Waals surface area contributed by atoms with E-state index in [9.17, 15) is 0 Å². The summed E-state index contributed by atoms with van der Waals surface area (Å²) in [5.74, 6) is 1.90. The van der Waals surface area contributed by atoms with Crippen LogP contribution in [0, 0.1) is 6.92 Å².